The van der Waals surface area contributed by atoms with Crippen molar-refractivity contribution in [3.05, 3.63) is 240 Å². The summed E-state index contributed by atoms with van der Waals surface area (Å²) in [4.78, 5) is 97.4. The van der Waals surface area contributed by atoms with Crippen LogP contribution in [0.5, 0.6) is 0 Å². The van der Waals surface area contributed by atoms with Crippen LogP contribution in [0.25, 0.3) is 49.8 Å². The summed E-state index contributed by atoms with van der Waals surface area (Å²) >= 11 is 0. The van der Waals surface area contributed by atoms with Crippen LogP contribution in [0.15, 0.2) is 140 Å². The molecule has 6 aromatic carbocycles. The normalized spacial score (nSPS) is 21.0. The molecule has 3 aromatic heterocycles. The number of piperidine rings is 6. The van der Waals surface area contributed by atoms with Gasteiger partial charge in [-0.15, -0.1) is 38.5 Å². The number of benzene rings is 6. The number of pyridine rings is 3. The number of carbonyl (C=O) groups is 3. The number of allylic oxidation sites excluding steroid dienone is 3. The zero-order chi connectivity index (χ0) is 104. The second kappa shape index (κ2) is 40.6. The molecule has 9 heterocycles. The number of anilines is 3. The van der Waals surface area contributed by atoms with E-state index >= 15 is 0 Å². The summed E-state index contributed by atoms with van der Waals surface area (Å²) in [6, 6.07) is 35.0. The fourth-order valence-corrected chi connectivity index (χ4v) is 24.7. The Morgan fingerprint density at radius 2 is 0.599 bits per heavy atom. The summed E-state index contributed by atoms with van der Waals surface area (Å²) in [6.45, 7) is 24.3. The van der Waals surface area contributed by atoms with Crippen LogP contribution in [0.4, 0.5) is 17.1 Å². The smallest absolute Gasteiger partial charge is 0.266 e. The van der Waals surface area contributed by atoms with E-state index in [0.29, 0.717) is 85.2 Å². The summed E-state index contributed by atoms with van der Waals surface area (Å²) in [7, 11) is 0. The van der Waals surface area contributed by atoms with Crippen molar-refractivity contribution in [1.82, 2.24) is 29.7 Å². The lowest BCUT2D eigenvalue weighted by Crippen LogP contribution is -2.44. The molecule has 21 heteroatoms. The van der Waals surface area contributed by atoms with Gasteiger partial charge < -0.3 is 75.0 Å². The SMILES string of the molecule is C#CC1=C(N2CCC3(CC2)CC3)c2cc(C(C)O)ccc2CC1=O.C#CC1=C(N2CCC3(CC2)CC3)c2cc([C@@H](C)O)ccc2CC1=O.C#CC1=C(N2CCC3(CC2)CC3)c2cc([C@H](C)O)ccc2CC1=O.C#Cc1c(N2CCC3(CC2)CC3)c2cc(C(C)(C)CO)ccc2[nH]c1=O.C#Cc1c(N2CCC3(CC2)CC3)c2cc(C(C)(C)O)ccc2[nH]c1=O.C#Cc1c(N2CCC3(CCC3)CC2)c2cc(CO)ccc2[nH]c1=O. The van der Waals surface area contributed by atoms with Gasteiger partial charge in [0.05, 0.1) is 105 Å². The average Bonchev–Trinajstić information content (AvgIpc) is 1.73. The third-order valence-corrected chi connectivity index (χ3v) is 36.2. The number of nitrogens with one attached hydrogen (secondary N) is 3. The van der Waals surface area contributed by atoms with E-state index in [1.54, 1.807) is 34.6 Å². The molecule has 6 saturated carbocycles. The first-order valence-corrected chi connectivity index (χ1v) is 53.6. The van der Waals surface area contributed by atoms with Gasteiger partial charge in [0.25, 0.3) is 16.7 Å². The number of terminal acetylenes is 6. The van der Waals surface area contributed by atoms with Crippen LogP contribution in [0, 0.1) is 107 Å². The van der Waals surface area contributed by atoms with Crippen LogP contribution in [0.2, 0.25) is 0 Å². The lowest BCUT2D eigenvalue weighted by atomic mass is 9.63. The van der Waals surface area contributed by atoms with Gasteiger partial charge in [0, 0.05) is 136 Å². The second-order valence-corrected chi connectivity index (χ2v) is 46.6. The maximum atomic E-state index is 12.5. The van der Waals surface area contributed by atoms with Crippen molar-refractivity contribution in [3.8, 4) is 74.1 Å². The minimum Gasteiger partial charge on any atom is -0.395 e. The van der Waals surface area contributed by atoms with Crippen molar-refractivity contribution in [3.63, 3.8) is 0 Å². The molecule has 762 valence electrons. The minimum absolute atomic E-state index is 0.0248. The number of hydrogen-bond donors (Lipinski definition) is 9. The first kappa shape index (κ1) is 103. The monoisotopic (exact) mass is 1970 g/mol. The molecule has 0 amide bonds. The molecule has 0 bridgehead atoms. The quantitative estimate of drug-likeness (QED) is 0.0485. The van der Waals surface area contributed by atoms with E-state index in [-0.39, 0.29) is 52.7 Å². The highest BCUT2D eigenvalue weighted by molar-refractivity contribution is 6.12. The van der Waals surface area contributed by atoms with E-state index in [1.165, 1.54) is 148 Å². The van der Waals surface area contributed by atoms with Crippen molar-refractivity contribution in [2.24, 2.45) is 32.5 Å². The maximum absolute atomic E-state index is 12.5. The summed E-state index contributed by atoms with van der Waals surface area (Å²) in [6.07, 6.45) is 65.3. The molecule has 6 saturated heterocycles. The number of fused-ring (bicyclic) bond motifs is 6. The van der Waals surface area contributed by atoms with Crippen molar-refractivity contribution in [2.45, 2.75) is 264 Å². The summed E-state index contributed by atoms with van der Waals surface area (Å²) in [5.74, 6) is 15.9. The molecule has 9 aromatic rings. The van der Waals surface area contributed by atoms with Crippen molar-refractivity contribution >= 4 is 84.2 Å². The number of ketones is 3. The van der Waals surface area contributed by atoms with E-state index in [1.807, 2.05) is 117 Å². The third kappa shape index (κ3) is 20.9. The van der Waals surface area contributed by atoms with Crippen molar-refractivity contribution in [2.75, 3.05) is 99.8 Å². The fourth-order valence-electron chi connectivity index (χ4n) is 24.7. The molecule has 6 spiro atoms. The van der Waals surface area contributed by atoms with Gasteiger partial charge in [-0.3, -0.25) is 28.8 Å². The number of aliphatic hydroxyl groups excluding tert-OH is 5. The molecule has 6 aliphatic heterocycles. The molecule has 24 rings (SSSR count). The van der Waals surface area contributed by atoms with Crippen molar-refractivity contribution in [1.29, 1.82) is 0 Å². The molecule has 147 heavy (non-hydrogen) atoms. The van der Waals surface area contributed by atoms with Crippen molar-refractivity contribution < 1.29 is 45.0 Å². The van der Waals surface area contributed by atoms with Crippen LogP contribution < -0.4 is 31.4 Å². The van der Waals surface area contributed by atoms with E-state index in [0.717, 1.165) is 225 Å². The first-order valence-electron chi connectivity index (χ1n) is 53.6. The summed E-state index contributed by atoms with van der Waals surface area (Å²) in [5, 5.41) is 62.2. The van der Waals surface area contributed by atoms with Gasteiger partial charge in [0.15, 0.2) is 17.3 Å². The number of Topliss-reactive ketones (excluding diaryl/α,β-unsaturated/α-hetero) is 3. The largest absolute Gasteiger partial charge is 0.395 e. The highest BCUT2D eigenvalue weighted by Crippen LogP contribution is 2.60. The van der Waals surface area contributed by atoms with Gasteiger partial charge in [-0.05, 0) is 326 Å². The van der Waals surface area contributed by atoms with E-state index in [9.17, 15) is 59.4 Å². The number of aromatic nitrogens is 3. The van der Waals surface area contributed by atoms with Gasteiger partial charge in [-0.25, -0.2) is 0 Å². The molecule has 15 aliphatic rings. The number of aliphatic hydroxyl groups is 6. The topological polar surface area (TPSA) is 291 Å². The molecule has 3 atom stereocenters. The van der Waals surface area contributed by atoms with E-state index in [4.69, 9.17) is 38.5 Å². The van der Waals surface area contributed by atoms with Gasteiger partial charge in [0.2, 0.25) is 0 Å². The number of nitrogens with zero attached hydrogens (tertiary/aromatic N) is 6. The van der Waals surface area contributed by atoms with Crippen LogP contribution in [-0.2, 0) is 51.3 Å². The van der Waals surface area contributed by atoms with Gasteiger partial charge >= 0.3 is 0 Å². The van der Waals surface area contributed by atoms with Crippen LogP contribution in [0.1, 0.15) is 311 Å². The number of carbonyl (C=O) groups excluding carboxylic acids is 3. The predicted molar refractivity (Wildman–Crippen MR) is 585 cm³/mol. The minimum atomic E-state index is -0.947. The van der Waals surface area contributed by atoms with Crippen LogP contribution >= 0.6 is 0 Å². The Balaban J connectivity index is 0.000000111. The van der Waals surface area contributed by atoms with Gasteiger partial charge in [-0.2, -0.15) is 0 Å². The van der Waals surface area contributed by atoms with E-state index in [2.05, 4.69) is 85.9 Å². The molecule has 9 aliphatic carbocycles. The number of rotatable bonds is 13. The van der Waals surface area contributed by atoms with Gasteiger partial charge in [-0.1, -0.05) is 110 Å². The second-order valence-electron chi connectivity index (χ2n) is 46.6. The molecular weight excluding hydrogens is 1830 g/mol. The molecule has 9 N–H and O–H groups in total. The first-order chi connectivity index (χ1) is 70.5. The lowest BCUT2D eigenvalue weighted by molar-refractivity contribution is -0.115. The fraction of sp³-hybridized carbons (Fsp3) is 0.476. The average molecular weight is 1970 g/mol. The van der Waals surface area contributed by atoms with Gasteiger partial charge in [0.1, 0.15) is 16.7 Å². The molecule has 12 fully saturated rings. The maximum Gasteiger partial charge on any atom is 0.266 e. The highest BCUT2D eigenvalue weighted by Gasteiger charge is 2.51. The Morgan fingerprint density at radius 1 is 0.333 bits per heavy atom. The summed E-state index contributed by atoms with van der Waals surface area (Å²) in [5.41, 5.74) is 23.4. The van der Waals surface area contributed by atoms with Crippen LogP contribution in [0.3, 0.4) is 0 Å². The third-order valence-electron chi connectivity index (χ3n) is 36.2. The number of H-pyrrole nitrogens is 3. The lowest BCUT2D eigenvalue weighted by Gasteiger charge is -2.48. The number of likely N-dealkylation sites (tertiary alicyclic amines) is 3. The predicted octanol–water partition coefficient (Wildman–Crippen LogP) is 18.3. The Kier molecular flexibility index (Phi) is 28.4. The number of hydrogen-bond acceptors (Lipinski definition) is 18. The Hall–Kier alpha value is -12.9. The van der Waals surface area contributed by atoms with E-state index < -0.39 is 23.9 Å². The Bertz CT molecular complexity index is 6980. The molecule has 0 radical (unpaired) electrons. The Morgan fingerprint density at radius 3 is 0.844 bits per heavy atom. The summed E-state index contributed by atoms with van der Waals surface area (Å²) < 4.78 is 0. The molecule has 1 unspecified atom stereocenters. The number of aromatic amines is 3. The molecular formula is C126H141N9O12. The zero-order valence-electron chi connectivity index (χ0n) is 86.6. The zero-order valence-corrected chi connectivity index (χ0v) is 86.6. The Labute approximate surface area is 864 Å². The van der Waals surface area contributed by atoms with Crippen LogP contribution in [-0.4, -0.2) is 163 Å². The highest BCUT2D eigenvalue weighted by atomic mass is 16.3. The standard InChI is InChI=1S/C22H26N2O2.C21H24N2O2.3C21H23NO2.C20H22N2O2/c1-4-16-19(24-11-9-22(7-8-22)10-12-24)17-13-15(21(2,3)14-25)5-6-18(17)23-20(16)26;1-4-15-18(23-11-9-21(7-8-21)10-12-23)16-13-14(20(2,3)25)5-6-17(16)22-19(15)24;3*1-3-17-19(24)13-16-5-4-15(14(2)23)12-18(16)20(17)22-10-8-21(6-7-21)9-11-22;1-2-15-18(22-10-8-20(9-11-22)6-3-7-20)16-12-14(13-23)4-5-17(16)21-19(15)24/h1,5-6,13,25H,7-12,14H2,2-3H3,(H,23,26);1,5-6,13,25H,7-12H2,2-3H3,(H,22,24);3*1,4-5,12,14,23H,6-11,13H2,2H3;1,4-5,12,23H,3,6-11,13H2,(H,21,24)/t;;2*14-;;/m..10../s1. The molecule has 21 nitrogen and oxygen atoms in total.